The van der Waals surface area contributed by atoms with E-state index in [-0.39, 0.29) is 4.75 Å². The summed E-state index contributed by atoms with van der Waals surface area (Å²) >= 11 is 3.63. The highest BCUT2D eigenvalue weighted by Crippen LogP contribution is 2.39. The minimum Gasteiger partial charge on any atom is -0.298 e. The number of hydrogen-bond acceptors (Lipinski definition) is 3. The fourth-order valence-electron chi connectivity index (χ4n) is 2.05. The Kier molecular flexibility index (Phi) is 3.75. The molecule has 0 bridgehead atoms. The second-order valence-electron chi connectivity index (χ2n) is 4.50. The van der Waals surface area contributed by atoms with Crippen LogP contribution in [0.2, 0.25) is 0 Å². The minimum atomic E-state index is -0.101. The Hall–Kier alpha value is -0.280. The molecule has 1 atom stereocenters. The van der Waals surface area contributed by atoms with Crippen LogP contribution in [0.25, 0.3) is 0 Å². The van der Waals surface area contributed by atoms with Crippen LogP contribution in [0.1, 0.15) is 36.4 Å². The molecule has 1 aromatic rings. The van der Waals surface area contributed by atoms with Crippen molar-refractivity contribution in [3.63, 3.8) is 0 Å². The number of carbonyl (C=O) groups is 1. The molecule has 2 rings (SSSR count). The molecule has 1 aliphatic heterocycles. The molecule has 0 aromatic carbocycles. The molecule has 3 heteroatoms. The summed E-state index contributed by atoms with van der Waals surface area (Å²) in [5, 5.41) is 0. The molecule has 88 valence electrons. The van der Waals surface area contributed by atoms with Crippen molar-refractivity contribution in [3.8, 4) is 0 Å². The average Bonchev–Trinajstić information content (AvgIpc) is 2.88. The third-order valence-corrected chi connectivity index (χ3v) is 6.00. The summed E-state index contributed by atoms with van der Waals surface area (Å²) in [4.78, 5) is 14.8. The monoisotopic (exact) mass is 254 g/mol. The zero-order chi connectivity index (χ0) is 11.6. The SMILES string of the molecule is CCc1ccc(CC(=O)C2(C)CCCS2)s1. The van der Waals surface area contributed by atoms with E-state index in [0.29, 0.717) is 12.2 Å². The summed E-state index contributed by atoms with van der Waals surface area (Å²) in [7, 11) is 0. The van der Waals surface area contributed by atoms with Gasteiger partial charge in [-0.3, -0.25) is 4.79 Å². The maximum absolute atomic E-state index is 12.2. The molecule has 1 aliphatic rings. The van der Waals surface area contributed by atoms with E-state index in [1.54, 1.807) is 11.3 Å². The summed E-state index contributed by atoms with van der Waals surface area (Å²) in [5.41, 5.74) is 0. The van der Waals surface area contributed by atoms with Gasteiger partial charge in [0.1, 0.15) is 0 Å². The van der Waals surface area contributed by atoms with Crippen LogP contribution < -0.4 is 0 Å². The Morgan fingerprint density at radius 1 is 1.44 bits per heavy atom. The van der Waals surface area contributed by atoms with Crippen LogP contribution >= 0.6 is 23.1 Å². The highest BCUT2D eigenvalue weighted by Gasteiger charge is 2.36. The van der Waals surface area contributed by atoms with Crippen molar-refractivity contribution in [2.75, 3.05) is 5.75 Å². The van der Waals surface area contributed by atoms with Crippen molar-refractivity contribution < 1.29 is 4.79 Å². The molecule has 1 nitrogen and oxygen atoms in total. The van der Waals surface area contributed by atoms with E-state index in [2.05, 4.69) is 26.0 Å². The van der Waals surface area contributed by atoms with Crippen molar-refractivity contribution in [3.05, 3.63) is 21.9 Å². The van der Waals surface area contributed by atoms with Crippen LogP contribution in [-0.4, -0.2) is 16.3 Å². The van der Waals surface area contributed by atoms with Crippen molar-refractivity contribution in [1.82, 2.24) is 0 Å². The molecule has 2 heterocycles. The van der Waals surface area contributed by atoms with Gasteiger partial charge in [-0.15, -0.1) is 23.1 Å². The summed E-state index contributed by atoms with van der Waals surface area (Å²) in [6.45, 7) is 4.27. The molecule has 0 aliphatic carbocycles. The van der Waals surface area contributed by atoms with E-state index in [9.17, 15) is 4.79 Å². The van der Waals surface area contributed by atoms with Gasteiger partial charge in [-0.2, -0.15) is 0 Å². The van der Waals surface area contributed by atoms with Crippen LogP contribution in [-0.2, 0) is 17.6 Å². The summed E-state index contributed by atoms with van der Waals surface area (Å²) in [6, 6.07) is 4.27. The van der Waals surface area contributed by atoms with Gasteiger partial charge in [0.15, 0.2) is 5.78 Å². The van der Waals surface area contributed by atoms with Crippen molar-refractivity contribution in [1.29, 1.82) is 0 Å². The lowest BCUT2D eigenvalue weighted by Gasteiger charge is -2.20. The van der Waals surface area contributed by atoms with Gasteiger partial charge in [-0.05, 0) is 44.1 Å². The summed E-state index contributed by atoms with van der Waals surface area (Å²) in [5.74, 6) is 1.56. The first-order valence-corrected chi connectivity index (χ1v) is 7.69. The van der Waals surface area contributed by atoms with Crippen LogP contribution in [0.3, 0.4) is 0 Å². The topological polar surface area (TPSA) is 17.1 Å². The highest BCUT2D eigenvalue weighted by atomic mass is 32.2. The van der Waals surface area contributed by atoms with Crippen LogP contribution in [0.15, 0.2) is 12.1 Å². The van der Waals surface area contributed by atoms with E-state index in [0.717, 1.165) is 18.6 Å². The predicted molar refractivity (Wildman–Crippen MR) is 72.5 cm³/mol. The van der Waals surface area contributed by atoms with Crippen LogP contribution in [0.4, 0.5) is 0 Å². The summed E-state index contributed by atoms with van der Waals surface area (Å²) < 4.78 is -0.101. The first-order chi connectivity index (χ1) is 7.64. The van der Waals surface area contributed by atoms with E-state index in [4.69, 9.17) is 0 Å². The minimum absolute atomic E-state index is 0.101. The first-order valence-electron chi connectivity index (χ1n) is 5.89. The Labute approximate surface area is 106 Å². The maximum atomic E-state index is 12.2. The summed E-state index contributed by atoms with van der Waals surface area (Å²) in [6.07, 6.45) is 3.96. The standard InChI is InChI=1S/C13H18OS2/c1-3-10-5-6-11(16-10)9-12(14)13(2)7-4-8-15-13/h5-6H,3-4,7-9H2,1-2H3. The van der Waals surface area contributed by atoms with Crippen molar-refractivity contribution in [2.24, 2.45) is 0 Å². The Morgan fingerprint density at radius 2 is 2.19 bits per heavy atom. The van der Waals surface area contributed by atoms with Crippen LogP contribution in [0.5, 0.6) is 0 Å². The number of hydrogen-bond donors (Lipinski definition) is 0. The molecule has 16 heavy (non-hydrogen) atoms. The van der Waals surface area contributed by atoms with Gasteiger partial charge in [0.2, 0.25) is 0 Å². The Bertz CT molecular complexity index is 375. The highest BCUT2D eigenvalue weighted by molar-refractivity contribution is 8.01. The molecule has 0 radical (unpaired) electrons. The molecule has 0 amide bonds. The molecule has 1 saturated heterocycles. The van der Waals surface area contributed by atoms with Gasteiger partial charge in [0, 0.05) is 16.2 Å². The fraction of sp³-hybridized carbons (Fsp3) is 0.615. The van der Waals surface area contributed by atoms with E-state index >= 15 is 0 Å². The second-order valence-corrected chi connectivity index (χ2v) is 7.36. The third kappa shape index (κ3) is 2.51. The van der Waals surface area contributed by atoms with Gasteiger partial charge in [0.05, 0.1) is 4.75 Å². The lowest BCUT2D eigenvalue weighted by atomic mass is 9.97. The van der Waals surface area contributed by atoms with Gasteiger partial charge in [0.25, 0.3) is 0 Å². The molecule has 1 fully saturated rings. The van der Waals surface area contributed by atoms with Gasteiger partial charge in [-0.1, -0.05) is 6.92 Å². The largest absolute Gasteiger partial charge is 0.298 e. The van der Waals surface area contributed by atoms with Crippen molar-refractivity contribution >= 4 is 28.9 Å². The first kappa shape index (κ1) is 12.2. The quantitative estimate of drug-likeness (QED) is 0.815. The second kappa shape index (κ2) is 4.92. The maximum Gasteiger partial charge on any atom is 0.153 e. The van der Waals surface area contributed by atoms with Gasteiger partial charge >= 0.3 is 0 Å². The lowest BCUT2D eigenvalue weighted by molar-refractivity contribution is -0.120. The number of thiophene rings is 1. The van der Waals surface area contributed by atoms with Gasteiger partial charge in [-0.25, -0.2) is 0 Å². The average molecular weight is 254 g/mol. The number of thioether (sulfide) groups is 1. The number of aryl methyl sites for hydroxylation is 1. The van der Waals surface area contributed by atoms with E-state index < -0.39 is 0 Å². The fourth-order valence-corrected chi connectivity index (χ4v) is 4.27. The smallest absolute Gasteiger partial charge is 0.153 e. The third-order valence-electron chi connectivity index (χ3n) is 3.21. The number of ketones is 1. The Morgan fingerprint density at radius 3 is 2.75 bits per heavy atom. The zero-order valence-electron chi connectivity index (χ0n) is 9.91. The molecule has 0 saturated carbocycles. The van der Waals surface area contributed by atoms with E-state index in [1.165, 1.54) is 16.2 Å². The number of rotatable bonds is 4. The number of carbonyl (C=O) groups excluding carboxylic acids is 1. The molecule has 1 aromatic heterocycles. The number of Topliss-reactive ketones (excluding diaryl/α,β-unsaturated/α-hetero) is 1. The predicted octanol–water partition coefficient (Wildman–Crippen LogP) is 3.71. The molecule has 0 N–H and O–H groups in total. The molecule has 0 spiro atoms. The van der Waals surface area contributed by atoms with Gasteiger partial charge < -0.3 is 0 Å². The van der Waals surface area contributed by atoms with Crippen molar-refractivity contribution in [2.45, 2.75) is 44.3 Å². The molecular formula is C13H18OS2. The van der Waals surface area contributed by atoms with Crippen LogP contribution in [0, 0.1) is 0 Å². The Balaban J connectivity index is 2.01. The normalized spacial score (nSPS) is 24.9. The zero-order valence-corrected chi connectivity index (χ0v) is 11.5. The molecular weight excluding hydrogens is 236 g/mol. The van der Waals surface area contributed by atoms with E-state index in [1.807, 2.05) is 11.8 Å². The lowest BCUT2D eigenvalue weighted by Crippen LogP contribution is -2.29. The molecule has 1 unspecified atom stereocenters.